The van der Waals surface area contributed by atoms with Gasteiger partial charge in [-0.2, -0.15) is 0 Å². The van der Waals surface area contributed by atoms with Gasteiger partial charge in [-0.05, 0) is 109 Å². The fourth-order valence-electron chi connectivity index (χ4n) is 8.76. The summed E-state index contributed by atoms with van der Waals surface area (Å²) >= 11 is 0. The molecule has 0 amide bonds. The van der Waals surface area contributed by atoms with Crippen molar-refractivity contribution >= 4 is 5.97 Å². The van der Waals surface area contributed by atoms with Crippen LogP contribution < -0.4 is 47.4 Å². The van der Waals surface area contributed by atoms with Crippen LogP contribution in [0.15, 0.2) is 121 Å². The fourth-order valence-corrected chi connectivity index (χ4v) is 8.76. The number of benzene rings is 5. The molecule has 6 aromatic rings. The first-order valence-electron chi connectivity index (χ1n) is 29.8. The van der Waals surface area contributed by atoms with E-state index in [0.29, 0.717) is 203 Å². The second-order valence-electron chi connectivity index (χ2n) is 19.4. The Balaban J connectivity index is 0.936. The van der Waals surface area contributed by atoms with Gasteiger partial charge in [0, 0.05) is 5.56 Å². The molecule has 21 nitrogen and oxygen atoms in total. The van der Waals surface area contributed by atoms with Crippen molar-refractivity contribution in [2.45, 2.75) is 25.7 Å². The zero-order valence-electron chi connectivity index (χ0n) is 49.4. The number of hydrogen-bond donors (Lipinski definition) is 1. The molecule has 2 aliphatic heterocycles. The molecule has 21 heteroatoms. The Morgan fingerprint density at radius 3 is 1.07 bits per heavy atom. The number of fused-ring (bicyclic) bond motifs is 4. The SMILES string of the molecule is O=C(O)c1ccc(OCCCCCCOc2cc(-c3ccc4c(c3)OCCOCCOCCOc3ccccc3OCCOCCOCCO4)ccc2-c2ccc3c(c2)OCCOCCOCCOc2ccccc2OCCOCCOCCO3)cn1. The maximum absolute atomic E-state index is 11.2. The van der Waals surface area contributed by atoms with E-state index < -0.39 is 5.97 Å². The Labute approximate surface area is 508 Å². The summed E-state index contributed by atoms with van der Waals surface area (Å²) in [5.74, 6) is 4.85. The third-order valence-corrected chi connectivity index (χ3v) is 13.1. The molecule has 0 saturated carbocycles. The van der Waals surface area contributed by atoms with Crippen LogP contribution in [0.1, 0.15) is 36.2 Å². The molecule has 0 atom stereocenters. The summed E-state index contributed by atoms with van der Waals surface area (Å²) in [4.78, 5) is 15.1. The minimum absolute atomic E-state index is 0.0321. The first kappa shape index (κ1) is 65.4. The van der Waals surface area contributed by atoms with Gasteiger partial charge in [0.2, 0.25) is 0 Å². The van der Waals surface area contributed by atoms with Crippen molar-refractivity contribution in [3.63, 3.8) is 0 Å². The van der Waals surface area contributed by atoms with Gasteiger partial charge in [0.15, 0.2) is 46.0 Å². The molecular formula is C66H81NO20. The number of aromatic carboxylic acids is 1. The molecule has 1 aromatic heterocycles. The van der Waals surface area contributed by atoms with Crippen molar-refractivity contribution < 1.29 is 95.2 Å². The highest BCUT2D eigenvalue weighted by Crippen LogP contribution is 2.41. The Hall–Kier alpha value is -7.60. The number of pyridine rings is 1. The molecule has 0 bridgehead atoms. The van der Waals surface area contributed by atoms with E-state index in [1.54, 1.807) is 6.07 Å². The minimum atomic E-state index is -1.08. The van der Waals surface area contributed by atoms with Crippen LogP contribution >= 0.6 is 0 Å². The molecule has 470 valence electrons. The molecule has 1 N–H and O–H groups in total. The number of rotatable bonds is 12. The molecule has 2 aliphatic rings. The van der Waals surface area contributed by atoms with Crippen LogP contribution in [0, 0.1) is 0 Å². The molecule has 5 aromatic carbocycles. The first-order valence-corrected chi connectivity index (χ1v) is 29.8. The van der Waals surface area contributed by atoms with Gasteiger partial charge in [0.25, 0.3) is 0 Å². The molecule has 87 heavy (non-hydrogen) atoms. The van der Waals surface area contributed by atoms with Crippen LogP contribution in [0.3, 0.4) is 0 Å². The largest absolute Gasteiger partial charge is 0.493 e. The van der Waals surface area contributed by atoms with Crippen molar-refractivity contribution in [1.82, 2.24) is 4.98 Å². The van der Waals surface area contributed by atoms with Gasteiger partial charge in [-0.25, -0.2) is 9.78 Å². The lowest BCUT2D eigenvalue weighted by molar-refractivity contribution is 0.0223. The third-order valence-electron chi connectivity index (χ3n) is 13.1. The first-order chi connectivity index (χ1) is 43.1. The number of hydrogen-bond acceptors (Lipinski definition) is 20. The fraction of sp³-hybridized carbons (Fsp3) is 0.455. The van der Waals surface area contributed by atoms with Crippen molar-refractivity contribution in [3.8, 4) is 79.7 Å². The summed E-state index contributed by atoms with van der Waals surface area (Å²) < 4.78 is 108. The molecule has 8 rings (SSSR count). The van der Waals surface area contributed by atoms with Gasteiger partial charge in [0.05, 0.1) is 125 Å². The van der Waals surface area contributed by atoms with Crippen LogP contribution in [-0.2, 0) is 37.9 Å². The quantitative estimate of drug-likeness (QED) is 0.113. The molecule has 0 fully saturated rings. The number of ether oxygens (including phenoxy) is 18. The number of carboxylic acid groups (broad SMARTS) is 1. The number of carboxylic acids is 1. The van der Waals surface area contributed by atoms with E-state index in [9.17, 15) is 9.90 Å². The highest BCUT2D eigenvalue weighted by molar-refractivity contribution is 5.85. The summed E-state index contributed by atoms with van der Waals surface area (Å²) in [6, 6.07) is 35.9. The number of aromatic nitrogens is 1. The average Bonchev–Trinajstić information content (AvgIpc) is 3.44. The highest BCUT2D eigenvalue weighted by atomic mass is 16.6. The van der Waals surface area contributed by atoms with Crippen LogP contribution in [0.5, 0.6) is 57.5 Å². The van der Waals surface area contributed by atoms with Crippen LogP contribution in [-0.4, -0.2) is 188 Å². The number of para-hydroxylation sites is 4. The number of nitrogens with zero attached hydrogens (tertiary/aromatic N) is 1. The van der Waals surface area contributed by atoms with Crippen molar-refractivity contribution in [2.75, 3.05) is 172 Å². The Morgan fingerprint density at radius 2 is 0.678 bits per heavy atom. The Kier molecular flexibility index (Phi) is 29.5. The monoisotopic (exact) mass is 1210 g/mol. The van der Waals surface area contributed by atoms with Crippen molar-refractivity contribution in [1.29, 1.82) is 0 Å². The molecule has 0 unspecified atom stereocenters. The third kappa shape index (κ3) is 23.9. The van der Waals surface area contributed by atoms with E-state index in [4.69, 9.17) is 85.3 Å². The molecule has 3 heterocycles. The Morgan fingerprint density at radius 1 is 0.345 bits per heavy atom. The van der Waals surface area contributed by atoms with E-state index in [1.807, 2.05) is 97.1 Å². The highest BCUT2D eigenvalue weighted by Gasteiger charge is 2.17. The van der Waals surface area contributed by atoms with E-state index in [0.717, 1.165) is 47.9 Å². The van der Waals surface area contributed by atoms with Gasteiger partial charge in [0.1, 0.15) is 70.0 Å². The Bertz CT molecular complexity index is 2890. The van der Waals surface area contributed by atoms with Gasteiger partial charge >= 0.3 is 5.97 Å². The average molecular weight is 1210 g/mol. The normalized spacial score (nSPS) is 16.6. The molecule has 0 spiro atoms. The lowest BCUT2D eigenvalue weighted by Crippen LogP contribution is -2.15. The maximum atomic E-state index is 11.2. The van der Waals surface area contributed by atoms with Gasteiger partial charge in [-0.15, -0.1) is 0 Å². The summed E-state index contributed by atoms with van der Waals surface area (Å²) in [6.45, 7) is 9.34. The summed E-state index contributed by atoms with van der Waals surface area (Å²) in [5, 5.41) is 9.18. The second kappa shape index (κ2) is 39.2. The van der Waals surface area contributed by atoms with Crippen LogP contribution in [0.25, 0.3) is 22.3 Å². The summed E-state index contributed by atoms with van der Waals surface area (Å²) in [5.41, 5.74) is 3.43. The summed E-state index contributed by atoms with van der Waals surface area (Å²) in [6.07, 6.45) is 4.79. The second-order valence-corrected chi connectivity index (χ2v) is 19.4. The van der Waals surface area contributed by atoms with E-state index >= 15 is 0 Å². The number of carbonyl (C=O) groups is 1. The van der Waals surface area contributed by atoms with Crippen molar-refractivity contribution in [2.24, 2.45) is 0 Å². The number of unbranched alkanes of at least 4 members (excludes halogenated alkanes) is 3. The maximum Gasteiger partial charge on any atom is 0.354 e. The molecule has 0 radical (unpaired) electrons. The van der Waals surface area contributed by atoms with Crippen molar-refractivity contribution in [3.05, 3.63) is 127 Å². The minimum Gasteiger partial charge on any atom is -0.493 e. The summed E-state index contributed by atoms with van der Waals surface area (Å²) in [7, 11) is 0. The lowest BCUT2D eigenvalue weighted by atomic mass is 9.98. The standard InChI is InChI=1S/C66H81NO20/c68-66(69)56-18-16-54(50-67-56)78-21-7-1-2-8-22-79-63-47-51(52-14-19-61-64(48-52)86-45-37-76-29-27-72-33-41-82-59-11-5-3-9-57(59)80-39-31-70-23-25-74-35-43-84-61)13-17-55(63)53-15-20-62-65(49-53)87-46-38-77-30-28-73-34-42-83-60-12-6-4-10-58(60)81-40-32-71-24-26-75-36-44-85-62/h3-6,9-20,47-50H,1-2,7-8,21-46H2,(H,68,69). The van der Waals surface area contributed by atoms with E-state index in [1.165, 1.54) is 12.3 Å². The van der Waals surface area contributed by atoms with E-state index in [2.05, 4.69) is 11.1 Å². The molecular weight excluding hydrogens is 1130 g/mol. The zero-order chi connectivity index (χ0) is 60.0. The zero-order valence-corrected chi connectivity index (χ0v) is 49.4. The predicted molar refractivity (Wildman–Crippen MR) is 321 cm³/mol. The molecule has 0 aliphatic carbocycles. The van der Waals surface area contributed by atoms with E-state index in [-0.39, 0.29) is 32.1 Å². The lowest BCUT2D eigenvalue weighted by Gasteiger charge is -2.18. The topological polar surface area (TPSA) is 216 Å². The van der Waals surface area contributed by atoms with Gasteiger partial charge in [-0.3, -0.25) is 0 Å². The van der Waals surface area contributed by atoms with Gasteiger partial charge < -0.3 is 90.4 Å². The van der Waals surface area contributed by atoms with Crippen LogP contribution in [0.2, 0.25) is 0 Å². The predicted octanol–water partition coefficient (Wildman–Crippen LogP) is 9.72. The van der Waals surface area contributed by atoms with Gasteiger partial charge in [-0.1, -0.05) is 48.5 Å². The molecule has 0 saturated heterocycles. The smallest absolute Gasteiger partial charge is 0.354 e. The van der Waals surface area contributed by atoms with Crippen LogP contribution in [0.4, 0.5) is 0 Å².